The highest BCUT2D eigenvalue weighted by Gasteiger charge is 2.48. The Morgan fingerprint density at radius 2 is 2.06 bits per heavy atom. The van der Waals surface area contributed by atoms with Crippen LogP contribution in [0.3, 0.4) is 0 Å². The molecule has 0 bridgehead atoms. The molecule has 1 fully saturated rings. The van der Waals surface area contributed by atoms with Gasteiger partial charge in [0.05, 0.1) is 24.5 Å². The van der Waals surface area contributed by atoms with Gasteiger partial charge in [-0.15, -0.1) is 0 Å². The summed E-state index contributed by atoms with van der Waals surface area (Å²) >= 11 is 0. The fraction of sp³-hybridized carbons (Fsp3) is 0.533. The van der Waals surface area contributed by atoms with Gasteiger partial charge in [0, 0.05) is 0 Å². The molecule has 0 amide bonds. The summed E-state index contributed by atoms with van der Waals surface area (Å²) in [5.41, 5.74) is 3.65. The Bertz CT molecular complexity index is 489. The minimum absolute atomic E-state index is 0.316. The average molecular weight is 246 g/mol. The molecule has 96 valence electrons. The van der Waals surface area contributed by atoms with Crippen molar-refractivity contribution < 1.29 is 14.6 Å². The molecule has 3 heteroatoms. The number of rotatable bonds is 3. The van der Waals surface area contributed by atoms with E-state index in [1.165, 1.54) is 17.5 Å². The molecule has 0 aromatic heterocycles. The van der Waals surface area contributed by atoms with E-state index in [0.717, 1.165) is 18.4 Å². The van der Waals surface area contributed by atoms with E-state index in [-0.39, 0.29) is 5.41 Å². The lowest BCUT2D eigenvalue weighted by Crippen LogP contribution is -2.53. The second kappa shape index (κ2) is 4.09. The zero-order chi connectivity index (χ0) is 12.8. The minimum Gasteiger partial charge on any atom is -0.481 e. The number of hydrogen-bond acceptors (Lipinski definition) is 2. The molecule has 1 atom stereocenters. The van der Waals surface area contributed by atoms with Crippen molar-refractivity contribution in [2.75, 3.05) is 13.2 Å². The Morgan fingerprint density at radius 3 is 2.67 bits per heavy atom. The number of carboxylic acid groups (broad SMARTS) is 1. The first-order valence-electron chi connectivity index (χ1n) is 6.56. The van der Waals surface area contributed by atoms with Crippen LogP contribution in [-0.2, 0) is 27.8 Å². The number of aryl methyl sites for hydroxylation is 2. The van der Waals surface area contributed by atoms with Crippen LogP contribution < -0.4 is 0 Å². The Kier molecular flexibility index (Phi) is 2.67. The van der Waals surface area contributed by atoms with Crippen molar-refractivity contribution in [2.45, 2.75) is 31.6 Å². The molecule has 1 heterocycles. The molecule has 1 unspecified atom stereocenters. The molecule has 1 aromatic carbocycles. The second-order valence-electron chi connectivity index (χ2n) is 5.55. The molecule has 1 N–H and O–H groups in total. The second-order valence-corrected chi connectivity index (χ2v) is 5.55. The molecule has 0 radical (unpaired) electrons. The van der Waals surface area contributed by atoms with Crippen molar-refractivity contribution >= 4 is 5.97 Å². The Balaban J connectivity index is 1.99. The topological polar surface area (TPSA) is 46.5 Å². The number of carboxylic acids is 1. The van der Waals surface area contributed by atoms with Crippen molar-refractivity contribution in [1.29, 1.82) is 0 Å². The number of aliphatic carboxylic acids is 1. The normalized spacial score (nSPS) is 22.1. The van der Waals surface area contributed by atoms with Crippen LogP contribution in [0.25, 0.3) is 0 Å². The van der Waals surface area contributed by atoms with Crippen molar-refractivity contribution in [3.63, 3.8) is 0 Å². The fourth-order valence-electron chi connectivity index (χ4n) is 3.11. The van der Waals surface area contributed by atoms with Gasteiger partial charge >= 0.3 is 5.97 Å². The quantitative estimate of drug-likeness (QED) is 0.889. The van der Waals surface area contributed by atoms with Crippen molar-refractivity contribution in [3.8, 4) is 0 Å². The van der Waals surface area contributed by atoms with Crippen LogP contribution in [0.2, 0.25) is 0 Å². The number of benzene rings is 1. The molecule has 3 rings (SSSR count). The molecule has 1 aliphatic carbocycles. The van der Waals surface area contributed by atoms with Crippen LogP contribution in [0.5, 0.6) is 0 Å². The molecule has 0 saturated carbocycles. The number of carbonyl (C=O) groups is 1. The third kappa shape index (κ3) is 1.57. The number of fused-ring (bicyclic) bond motifs is 1. The van der Waals surface area contributed by atoms with Gasteiger partial charge in [-0.25, -0.2) is 0 Å². The smallest absolute Gasteiger partial charge is 0.307 e. The Labute approximate surface area is 107 Å². The van der Waals surface area contributed by atoms with Gasteiger partial charge in [0.1, 0.15) is 0 Å². The van der Waals surface area contributed by atoms with Crippen LogP contribution >= 0.6 is 0 Å². The predicted molar refractivity (Wildman–Crippen MR) is 67.8 cm³/mol. The van der Waals surface area contributed by atoms with E-state index in [1.807, 2.05) is 0 Å². The van der Waals surface area contributed by atoms with Gasteiger partial charge < -0.3 is 9.84 Å². The first-order valence-corrected chi connectivity index (χ1v) is 6.56. The van der Waals surface area contributed by atoms with Crippen LogP contribution in [0, 0.1) is 5.92 Å². The molecule has 0 spiro atoms. The largest absolute Gasteiger partial charge is 0.481 e. The first kappa shape index (κ1) is 11.7. The highest BCUT2D eigenvalue weighted by molar-refractivity contribution is 5.72. The molecule has 3 nitrogen and oxygen atoms in total. The van der Waals surface area contributed by atoms with E-state index in [9.17, 15) is 9.90 Å². The lowest BCUT2D eigenvalue weighted by Gasteiger charge is -2.45. The fourth-order valence-corrected chi connectivity index (χ4v) is 3.11. The number of hydrogen-bond donors (Lipinski definition) is 1. The first-order chi connectivity index (χ1) is 8.63. The zero-order valence-electron chi connectivity index (χ0n) is 10.6. The molecular weight excluding hydrogens is 228 g/mol. The van der Waals surface area contributed by atoms with Gasteiger partial charge in [-0.3, -0.25) is 4.79 Å². The molecule has 18 heavy (non-hydrogen) atoms. The molecule has 1 aromatic rings. The molecule has 1 saturated heterocycles. The van der Waals surface area contributed by atoms with Gasteiger partial charge in [-0.1, -0.05) is 25.1 Å². The van der Waals surface area contributed by atoms with Gasteiger partial charge in [0.15, 0.2) is 0 Å². The van der Waals surface area contributed by atoms with Gasteiger partial charge in [0.2, 0.25) is 0 Å². The van der Waals surface area contributed by atoms with E-state index >= 15 is 0 Å². The monoisotopic (exact) mass is 246 g/mol. The summed E-state index contributed by atoms with van der Waals surface area (Å²) in [5.74, 6) is -1.13. The standard InChI is InChI=1S/C15H18O3/c1-10(14(16)17)15(8-18-9-15)13-6-5-11-3-2-4-12(11)7-13/h5-7,10H,2-4,8-9H2,1H3,(H,16,17). The van der Waals surface area contributed by atoms with E-state index < -0.39 is 11.9 Å². The van der Waals surface area contributed by atoms with E-state index in [0.29, 0.717) is 13.2 Å². The lowest BCUT2D eigenvalue weighted by atomic mass is 9.69. The summed E-state index contributed by atoms with van der Waals surface area (Å²) in [7, 11) is 0. The molecule has 2 aliphatic rings. The Hall–Kier alpha value is -1.35. The van der Waals surface area contributed by atoms with Gasteiger partial charge in [0.25, 0.3) is 0 Å². The summed E-state index contributed by atoms with van der Waals surface area (Å²) in [5, 5.41) is 9.28. The average Bonchev–Trinajstić information content (AvgIpc) is 2.74. The van der Waals surface area contributed by atoms with Crippen LogP contribution in [0.4, 0.5) is 0 Å². The van der Waals surface area contributed by atoms with E-state index in [4.69, 9.17) is 4.74 Å². The van der Waals surface area contributed by atoms with Crippen molar-refractivity contribution in [1.82, 2.24) is 0 Å². The third-order valence-electron chi connectivity index (χ3n) is 4.59. The van der Waals surface area contributed by atoms with Gasteiger partial charge in [-0.2, -0.15) is 0 Å². The summed E-state index contributed by atoms with van der Waals surface area (Å²) in [6.45, 7) is 2.84. The minimum atomic E-state index is -0.737. The lowest BCUT2D eigenvalue weighted by molar-refractivity contribution is -0.155. The highest BCUT2D eigenvalue weighted by atomic mass is 16.5. The summed E-state index contributed by atoms with van der Waals surface area (Å²) in [6.07, 6.45) is 3.51. The van der Waals surface area contributed by atoms with Crippen LogP contribution in [0.1, 0.15) is 30.0 Å². The number of ether oxygens (including phenoxy) is 1. The molecule has 1 aliphatic heterocycles. The van der Waals surface area contributed by atoms with E-state index in [2.05, 4.69) is 18.2 Å². The predicted octanol–water partition coefficient (Wildman–Crippen LogP) is 2.16. The molecular formula is C15H18O3. The maximum atomic E-state index is 11.3. The maximum absolute atomic E-state index is 11.3. The highest BCUT2D eigenvalue weighted by Crippen LogP contribution is 2.41. The van der Waals surface area contributed by atoms with Crippen LogP contribution in [0.15, 0.2) is 18.2 Å². The van der Waals surface area contributed by atoms with Gasteiger partial charge in [-0.05, 0) is 36.0 Å². The zero-order valence-corrected chi connectivity index (χ0v) is 10.6. The SMILES string of the molecule is CC(C(=O)O)C1(c2ccc3c(c2)CCC3)COC1. The van der Waals surface area contributed by atoms with Crippen molar-refractivity contribution in [3.05, 3.63) is 34.9 Å². The van der Waals surface area contributed by atoms with Crippen molar-refractivity contribution in [2.24, 2.45) is 5.92 Å². The summed E-state index contributed by atoms with van der Waals surface area (Å²) in [4.78, 5) is 11.3. The van der Waals surface area contributed by atoms with Crippen LogP contribution in [-0.4, -0.2) is 24.3 Å². The summed E-state index contributed by atoms with van der Waals surface area (Å²) in [6, 6.07) is 6.49. The maximum Gasteiger partial charge on any atom is 0.307 e. The Morgan fingerprint density at radius 1 is 1.33 bits per heavy atom. The van der Waals surface area contributed by atoms with E-state index in [1.54, 1.807) is 6.92 Å². The third-order valence-corrected chi connectivity index (χ3v) is 4.59. The summed E-state index contributed by atoms with van der Waals surface area (Å²) < 4.78 is 5.32.